The zero-order chi connectivity index (χ0) is 15.8. The topological polar surface area (TPSA) is 73.6 Å². The molecular weight excluding hydrogens is 292 g/mol. The first-order chi connectivity index (χ1) is 10.0. The molecule has 1 amide bonds. The lowest BCUT2D eigenvalue weighted by atomic mass is 10.2. The first kappa shape index (κ1) is 17.6. The summed E-state index contributed by atoms with van der Waals surface area (Å²) in [5.74, 6) is 0.652. The van der Waals surface area contributed by atoms with Gasteiger partial charge in [-0.1, -0.05) is 25.4 Å². The van der Waals surface area contributed by atoms with E-state index in [0.717, 1.165) is 18.4 Å². The van der Waals surface area contributed by atoms with Crippen LogP contribution in [0.15, 0.2) is 12.1 Å². The van der Waals surface area contributed by atoms with Crippen LogP contribution in [0.2, 0.25) is 5.02 Å². The Balaban J connectivity index is 2.72. The zero-order valence-corrected chi connectivity index (χ0v) is 13.5. The quantitative estimate of drug-likeness (QED) is 0.773. The first-order valence-corrected chi connectivity index (χ1v) is 7.42. The van der Waals surface area contributed by atoms with E-state index in [2.05, 4.69) is 5.32 Å². The highest BCUT2D eigenvalue weighted by Crippen LogP contribution is 2.36. The summed E-state index contributed by atoms with van der Waals surface area (Å²) in [7, 11) is 1.52. The molecule has 6 heteroatoms. The Kier molecular flexibility index (Phi) is 7.32. The summed E-state index contributed by atoms with van der Waals surface area (Å²) in [6, 6.07) is 3.62. The summed E-state index contributed by atoms with van der Waals surface area (Å²) in [5, 5.41) is 3.28. The van der Waals surface area contributed by atoms with E-state index in [4.69, 9.17) is 26.8 Å². The molecule has 0 spiro atoms. The van der Waals surface area contributed by atoms with Crippen molar-refractivity contribution in [3.05, 3.63) is 22.7 Å². The smallest absolute Gasteiger partial charge is 0.258 e. The zero-order valence-electron chi connectivity index (χ0n) is 12.7. The fraction of sp³-hybridized carbons (Fsp3) is 0.533. The van der Waals surface area contributed by atoms with E-state index in [1.54, 1.807) is 12.1 Å². The molecule has 21 heavy (non-hydrogen) atoms. The first-order valence-electron chi connectivity index (χ1n) is 7.04. The van der Waals surface area contributed by atoms with Crippen molar-refractivity contribution in [1.82, 2.24) is 5.32 Å². The number of benzene rings is 1. The molecule has 1 rings (SSSR count). The Morgan fingerprint density at radius 1 is 1.38 bits per heavy atom. The molecule has 0 atom stereocenters. The third-order valence-corrected chi connectivity index (χ3v) is 3.50. The highest BCUT2D eigenvalue weighted by Gasteiger charge is 2.14. The molecular formula is C15H23ClN2O3. The summed E-state index contributed by atoms with van der Waals surface area (Å²) < 4.78 is 10.7. The predicted molar refractivity (Wildman–Crippen MR) is 83.9 cm³/mol. The maximum absolute atomic E-state index is 11.8. The molecule has 0 saturated carbocycles. The molecule has 0 aliphatic carbocycles. The lowest BCUT2D eigenvalue weighted by molar-refractivity contribution is -0.123. The second-order valence-corrected chi connectivity index (χ2v) is 5.09. The molecule has 1 aromatic rings. The van der Waals surface area contributed by atoms with Crippen molar-refractivity contribution in [3.8, 4) is 11.5 Å². The summed E-state index contributed by atoms with van der Waals surface area (Å²) >= 11 is 6.14. The van der Waals surface area contributed by atoms with Crippen molar-refractivity contribution in [2.24, 2.45) is 5.73 Å². The van der Waals surface area contributed by atoms with Crippen LogP contribution in [-0.2, 0) is 11.3 Å². The van der Waals surface area contributed by atoms with Gasteiger partial charge in [-0.25, -0.2) is 0 Å². The molecule has 0 bridgehead atoms. The predicted octanol–water partition coefficient (Wildman–Crippen LogP) is 2.49. The van der Waals surface area contributed by atoms with Gasteiger partial charge in [0.25, 0.3) is 5.91 Å². The number of nitrogens with one attached hydrogen (secondary N) is 1. The lowest BCUT2D eigenvalue weighted by Gasteiger charge is -2.16. The van der Waals surface area contributed by atoms with E-state index >= 15 is 0 Å². The Labute approximate surface area is 130 Å². The van der Waals surface area contributed by atoms with Gasteiger partial charge in [-0.15, -0.1) is 0 Å². The van der Waals surface area contributed by atoms with Crippen LogP contribution in [0.4, 0.5) is 0 Å². The summed E-state index contributed by atoms with van der Waals surface area (Å²) in [5.41, 5.74) is 6.42. The highest BCUT2D eigenvalue weighted by molar-refractivity contribution is 6.32. The van der Waals surface area contributed by atoms with Gasteiger partial charge >= 0.3 is 0 Å². The Morgan fingerprint density at radius 2 is 2.05 bits per heavy atom. The standard InChI is InChI=1S/C15H23ClN2O3/c1-4-11(5-2)18-14(19)9-21-15-12(16)6-10(8-17)7-13(15)20-3/h6-7,11H,4-5,8-9,17H2,1-3H3,(H,18,19). The van der Waals surface area contributed by atoms with Gasteiger partial charge in [-0.2, -0.15) is 0 Å². The maximum atomic E-state index is 11.8. The van der Waals surface area contributed by atoms with Gasteiger partial charge in [-0.05, 0) is 30.5 Å². The minimum Gasteiger partial charge on any atom is -0.493 e. The summed E-state index contributed by atoms with van der Waals surface area (Å²) in [6.45, 7) is 4.31. The Hall–Kier alpha value is -1.46. The van der Waals surface area contributed by atoms with E-state index in [9.17, 15) is 4.79 Å². The number of amides is 1. The molecule has 3 N–H and O–H groups in total. The molecule has 0 saturated heterocycles. The van der Waals surface area contributed by atoms with Crippen molar-refractivity contribution in [3.63, 3.8) is 0 Å². The summed E-state index contributed by atoms with van der Waals surface area (Å²) in [6.07, 6.45) is 1.77. The largest absolute Gasteiger partial charge is 0.493 e. The number of rotatable bonds is 8. The molecule has 0 aromatic heterocycles. The summed E-state index contributed by atoms with van der Waals surface area (Å²) in [4.78, 5) is 11.8. The number of carbonyl (C=O) groups is 1. The van der Waals surface area contributed by atoms with Crippen LogP contribution in [-0.4, -0.2) is 25.7 Å². The van der Waals surface area contributed by atoms with Gasteiger partial charge < -0.3 is 20.5 Å². The molecule has 0 fully saturated rings. The van der Waals surface area contributed by atoms with Gasteiger partial charge in [0.1, 0.15) is 0 Å². The van der Waals surface area contributed by atoms with Crippen LogP contribution in [0.3, 0.4) is 0 Å². The van der Waals surface area contributed by atoms with E-state index in [-0.39, 0.29) is 18.6 Å². The number of hydrogen-bond donors (Lipinski definition) is 2. The number of carbonyl (C=O) groups excluding carboxylic acids is 1. The van der Waals surface area contributed by atoms with Crippen LogP contribution in [0.5, 0.6) is 11.5 Å². The number of ether oxygens (including phenoxy) is 2. The van der Waals surface area contributed by atoms with Crippen LogP contribution < -0.4 is 20.5 Å². The van der Waals surface area contributed by atoms with Gasteiger partial charge in [0.15, 0.2) is 18.1 Å². The van der Waals surface area contributed by atoms with Crippen molar-refractivity contribution >= 4 is 17.5 Å². The van der Waals surface area contributed by atoms with Gasteiger partial charge in [-0.3, -0.25) is 4.79 Å². The van der Waals surface area contributed by atoms with Crippen molar-refractivity contribution in [2.75, 3.05) is 13.7 Å². The van der Waals surface area contributed by atoms with Crippen LogP contribution in [0.25, 0.3) is 0 Å². The molecule has 118 valence electrons. The average molecular weight is 315 g/mol. The number of halogens is 1. The van der Waals surface area contributed by atoms with Gasteiger partial charge in [0.05, 0.1) is 12.1 Å². The fourth-order valence-electron chi connectivity index (χ4n) is 1.93. The van der Waals surface area contributed by atoms with Crippen LogP contribution in [0.1, 0.15) is 32.3 Å². The van der Waals surface area contributed by atoms with Crippen molar-refractivity contribution in [1.29, 1.82) is 0 Å². The highest BCUT2D eigenvalue weighted by atomic mass is 35.5. The maximum Gasteiger partial charge on any atom is 0.258 e. The molecule has 0 radical (unpaired) electrons. The minimum atomic E-state index is -0.176. The van der Waals surface area contributed by atoms with Crippen LogP contribution in [0, 0.1) is 0 Å². The monoisotopic (exact) mass is 314 g/mol. The molecule has 0 unspecified atom stereocenters. The second-order valence-electron chi connectivity index (χ2n) is 4.68. The molecule has 0 heterocycles. The van der Waals surface area contributed by atoms with Gasteiger partial charge in [0, 0.05) is 12.6 Å². The number of methoxy groups -OCH3 is 1. The molecule has 0 aliphatic rings. The fourth-order valence-corrected chi connectivity index (χ4v) is 2.22. The third kappa shape index (κ3) is 5.10. The van der Waals surface area contributed by atoms with Gasteiger partial charge in [0.2, 0.25) is 0 Å². The molecule has 1 aromatic carbocycles. The second kappa shape index (κ2) is 8.74. The Morgan fingerprint density at radius 3 is 2.57 bits per heavy atom. The molecule has 0 aliphatic heterocycles. The molecule has 5 nitrogen and oxygen atoms in total. The van der Waals surface area contributed by atoms with E-state index in [0.29, 0.717) is 23.1 Å². The average Bonchev–Trinajstić information content (AvgIpc) is 2.50. The van der Waals surface area contributed by atoms with Crippen molar-refractivity contribution in [2.45, 2.75) is 39.3 Å². The normalized spacial score (nSPS) is 10.6. The SMILES string of the molecule is CCC(CC)NC(=O)COc1c(Cl)cc(CN)cc1OC. The van der Waals surface area contributed by atoms with E-state index in [1.165, 1.54) is 7.11 Å². The van der Waals surface area contributed by atoms with E-state index < -0.39 is 0 Å². The van der Waals surface area contributed by atoms with Crippen molar-refractivity contribution < 1.29 is 14.3 Å². The minimum absolute atomic E-state index is 0.103. The number of hydrogen-bond acceptors (Lipinski definition) is 4. The third-order valence-electron chi connectivity index (χ3n) is 3.22. The number of nitrogens with two attached hydrogens (primary N) is 1. The Bertz CT molecular complexity index is 476. The van der Waals surface area contributed by atoms with E-state index in [1.807, 2.05) is 13.8 Å². The van der Waals surface area contributed by atoms with Crippen LogP contribution >= 0.6 is 11.6 Å². The lowest BCUT2D eigenvalue weighted by Crippen LogP contribution is -2.37.